The fourth-order valence-electron chi connectivity index (χ4n) is 2.06. The number of carbonyl (C=O) groups is 1. The van der Waals surface area contributed by atoms with Crippen molar-refractivity contribution in [3.8, 4) is 23.0 Å². The Kier molecular flexibility index (Phi) is 5.62. The summed E-state index contributed by atoms with van der Waals surface area (Å²) in [5, 5.41) is 23.2. The van der Waals surface area contributed by atoms with Crippen molar-refractivity contribution in [1.82, 2.24) is 5.43 Å². The highest BCUT2D eigenvalue weighted by molar-refractivity contribution is 5.89. The standard InChI is InChI=1S/C17H18N2O5/c1-23-13-8-15(21)14(16(9-13)24-2)10-18-19-17(22)7-11-4-3-5-12(20)6-11/h3-6,8-10,20-21H,7H2,1-2H3,(H,19,22). The van der Waals surface area contributed by atoms with Gasteiger partial charge in [0.15, 0.2) is 0 Å². The molecule has 0 aromatic heterocycles. The molecule has 0 aliphatic carbocycles. The van der Waals surface area contributed by atoms with Crippen LogP contribution in [-0.2, 0) is 11.2 Å². The predicted octanol–water partition coefficient (Wildman–Crippen LogP) is 1.81. The summed E-state index contributed by atoms with van der Waals surface area (Å²) in [6.45, 7) is 0. The minimum absolute atomic E-state index is 0.0669. The minimum atomic E-state index is -0.358. The second-order valence-electron chi connectivity index (χ2n) is 4.90. The topological polar surface area (TPSA) is 100 Å². The van der Waals surface area contributed by atoms with Crippen LogP contribution >= 0.6 is 0 Å². The fraction of sp³-hybridized carbons (Fsp3) is 0.176. The van der Waals surface area contributed by atoms with Gasteiger partial charge in [0.1, 0.15) is 23.0 Å². The van der Waals surface area contributed by atoms with Gasteiger partial charge >= 0.3 is 0 Å². The molecule has 0 aliphatic rings. The van der Waals surface area contributed by atoms with Crippen LogP contribution in [0.2, 0.25) is 0 Å². The number of rotatable bonds is 6. The van der Waals surface area contributed by atoms with Crippen LogP contribution in [0.15, 0.2) is 41.5 Å². The predicted molar refractivity (Wildman–Crippen MR) is 88.8 cm³/mol. The van der Waals surface area contributed by atoms with Gasteiger partial charge in [0, 0.05) is 12.1 Å². The lowest BCUT2D eigenvalue weighted by Crippen LogP contribution is -2.19. The first kappa shape index (κ1) is 17.1. The Bertz CT molecular complexity index is 759. The van der Waals surface area contributed by atoms with Crippen molar-refractivity contribution in [3.05, 3.63) is 47.5 Å². The largest absolute Gasteiger partial charge is 0.508 e. The zero-order valence-corrected chi connectivity index (χ0v) is 13.3. The third-order valence-electron chi connectivity index (χ3n) is 3.21. The summed E-state index contributed by atoms with van der Waals surface area (Å²) in [6, 6.07) is 9.41. The number of benzene rings is 2. The molecular weight excluding hydrogens is 312 g/mol. The van der Waals surface area contributed by atoms with Crippen molar-refractivity contribution in [2.45, 2.75) is 6.42 Å². The normalized spacial score (nSPS) is 10.6. The second kappa shape index (κ2) is 7.87. The quantitative estimate of drug-likeness (QED) is 0.554. The number of carbonyl (C=O) groups excluding carboxylic acids is 1. The van der Waals surface area contributed by atoms with Crippen LogP contribution in [0, 0.1) is 0 Å². The van der Waals surface area contributed by atoms with E-state index in [1.165, 1.54) is 38.6 Å². The van der Waals surface area contributed by atoms with E-state index in [2.05, 4.69) is 10.5 Å². The van der Waals surface area contributed by atoms with Gasteiger partial charge in [0.25, 0.3) is 0 Å². The number of phenolic OH excluding ortho intramolecular Hbond substituents is 2. The highest BCUT2D eigenvalue weighted by Crippen LogP contribution is 2.31. The summed E-state index contributed by atoms with van der Waals surface area (Å²) >= 11 is 0. The molecule has 7 heteroatoms. The summed E-state index contributed by atoms with van der Waals surface area (Å²) in [4.78, 5) is 11.8. The molecule has 0 saturated carbocycles. The van der Waals surface area contributed by atoms with Crippen LogP contribution < -0.4 is 14.9 Å². The van der Waals surface area contributed by atoms with E-state index >= 15 is 0 Å². The number of nitrogens with one attached hydrogen (secondary N) is 1. The highest BCUT2D eigenvalue weighted by Gasteiger charge is 2.10. The molecule has 0 spiro atoms. The Labute approximate surface area is 139 Å². The molecule has 126 valence electrons. The lowest BCUT2D eigenvalue weighted by molar-refractivity contribution is -0.120. The monoisotopic (exact) mass is 330 g/mol. The first-order chi connectivity index (χ1) is 11.5. The van der Waals surface area contributed by atoms with E-state index in [1.807, 2.05) is 0 Å². The Hall–Kier alpha value is -3.22. The third kappa shape index (κ3) is 4.39. The molecule has 0 unspecified atom stereocenters. The van der Waals surface area contributed by atoms with Crippen molar-refractivity contribution in [2.75, 3.05) is 14.2 Å². The van der Waals surface area contributed by atoms with Crippen LogP contribution in [0.1, 0.15) is 11.1 Å². The zero-order valence-electron chi connectivity index (χ0n) is 13.3. The summed E-state index contributed by atoms with van der Waals surface area (Å²) in [7, 11) is 2.93. The maximum absolute atomic E-state index is 11.8. The molecule has 24 heavy (non-hydrogen) atoms. The molecule has 3 N–H and O–H groups in total. The summed E-state index contributed by atoms with van der Waals surface area (Å²) < 4.78 is 10.2. The Morgan fingerprint density at radius 1 is 1.21 bits per heavy atom. The molecule has 0 radical (unpaired) electrons. The van der Waals surface area contributed by atoms with Gasteiger partial charge in [-0.3, -0.25) is 4.79 Å². The maximum Gasteiger partial charge on any atom is 0.244 e. The molecule has 2 rings (SSSR count). The van der Waals surface area contributed by atoms with E-state index in [0.717, 1.165) is 0 Å². The van der Waals surface area contributed by atoms with E-state index in [4.69, 9.17) is 9.47 Å². The van der Waals surface area contributed by atoms with Crippen molar-refractivity contribution in [2.24, 2.45) is 5.10 Å². The molecule has 0 saturated heterocycles. The fourth-order valence-corrected chi connectivity index (χ4v) is 2.06. The van der Waals surface area contributed by atoms with Gasteiger partial charge < -0.3 is 19.7 Å². The summed E-state index contributed by atoms with van der Waals surface area (Å²) in [6.07, 6.45) is 1.35. The van der Waals surface area contributed by atoms with Gasteiger partial charge in [-0.2, -0.15) is 5.10 Å². The number of hydrogen-bond acceptors (Lipinski definition) is 6. The van der Waals surface area contributed by atoms with Gasteiger partial charge in [0.05, 0.1) is 32.4 Å². The van der Waals surface area contributed by atoms with Crippen LogP contribution in [0.3, 0.4) is 0 Å². The first-order valence-electron chi connectivity index (χ1n) is 7.08. The molecule has 0 bridgehead atoms. The molecule has 1 amide bonds. The smallest absolute Gasteiger partial charge is 0.244 e. The number of methoxy groups -OCH3 is 2. The van der Waals surface area contributed by atoms with Gasteiger partial charge in [-0.15, -0.1) is 0 Å². The Morgan fingerprint density at radius 2 is 2.00 bits per heavy atom. The SMILES string of the molecule is COc1cc(O)c(C=NNC(=O)Cc2cccc(O)c2)c(OC)c1. The molecule has 0 fully saturated rings. The molecule has 0 aliphatic heterocycles. The first-order valence-corrected chi connectivity index (χ1v) is 7.08. The number of hydrazone groups is 1. The van der Waals surface area contributed by atoms with Gasteiger partial charge in [-0.25, -0.2) is 5.43 Å². The van der Waals surface area contributed by atoms with Gasteiger partial charge in [0.2, 0.25) is 5.91 Å². The number of hydrogen-bond donors (Lipinski definition) is 3. The Balaban J connectivity index is 2.04. The van der Waals surface area contributed by atoms with E-state index in [0.29, 0.717) is 22.6 Å². The molecule has 2 aromatic rings. The molecule has 7 nitrogen and oxygen atoms in total. The van der Waals surface area contributed by atoms with Gasteiger partial charge in [-0.1, -0.05) is 12.1 Å². The van der Waals surface area contributed by atoms with Crippen LogP contribution in [0.5, 0.6) is 23.0 Å². The second-order valence-corrected chi connectivity index (χ2v) is 4.90. The van der Waals surface area contributed by atoms with Crippen molar-refractivity contribution in [1.29, 1.82) is 0 Å². The number of nitrogens with zero attached hydrogens (tertiary/aromatic N) is 1. The lowest BCUT2D eigenvalue weighted by atomic mass is 10.1. The lowest BCUT2D eigenvalue weighted by Gasteiger charge is -2.09. The Morgan fingerprint density at radius 3 is 2.67 bits per heavy atom. The van der Waals surface area contributed by atoms with Crippen molar-refractivity contribution < 1.29 is 24.5 Å². The number of phenols is 2. The zero-order chi connectivity index (χ0) is 17.5. The average molecular weight is 330 g/mol. The van der Waals surface area contributed by atoms with Crippen molar-refractivity contribution in [3.63, 3.8) is 0 Å². The van der Waals surface area contributed by atoms with Crippen LogP contribution in [-0.4, -0.2) is 36.6 Å². The van der Waals surface area contributed by atoms with E-state index in [9.17, 15) is 15.0 Å². The van der Waals surface area contributed by atoms with E-state index in [-0.39, 0.29) is 23.8 Å². The molecule has 2 aromatic carbocycles. The van der Waals surface area contributed by atoms with E-state index in [1.54, 1.807) is 18.2 Å². The average Bonchev–Trinajstić information content (AvgIpc) is 2.55. The number of amides is 1. The number of aromatic hydroxyl groups is 2. The summed E-state index contributed by atoms with van der Waals surface area (Å²) in [5.41, 5.74) is 3.33. The van der Waals surface area contributed by atoms with E-state index < -0.39 is 0 Å². The molecule has 0 heterocycles. The molecular formula is C17H18N2O5. The highest BCUT2D eigenvalue weighted by atomic mass is 16.5. The minimum Gasteiger partial charge on any atom is -0.508 e. The van der Waals surface area contributed by atoms with Gasteiger partial charge in [-0.05, 0) is 17.7 Å². The third-order valence-corrected chi connectivity index (χ3v) is 3.21. The molecule has 0 atom stereocenters. The van der Waals surface area contributed by atoms with Crippen LogP contribution in [0.4, 0.5) is 0 Å². The number of ether oxygens (including phenoxy) is 2. The summed E-state index contributed by atoms with van der Waals surface area (Å²) in [5.74, 6) is 0.449. The maximum atomic E-state index is 11.8. The van der Waals surface area contributed by atoms with Crippen LogP contribution in [0.25, 0.3) is 0 Å². The van der Waals surface area contributed by atoms with Crippen molar-refractivity contribution >= 4 is 12.1 Å².